The zero-order valence-corrected chi connectivity index (χ0v) is 10.7. The number of rotatable bonds is 4. The lowest BCUT2D eigenvalue weighted by Crippen LogP contribution is -2.28. The fraction of sp³-hybridized carbons (Fsp3) is 0.200. The summed E-state index contributed by atoms with van der Waals surface area (Å²) in [5.74, 6) is 0.0620. The third kappa shape index (κ3) is 3.55. The Bertz CT molecular complexity index is 585. The summed E-state index contributed by atoms with van der Waals surface area (Å²) in [6.45, 7) is 2.62. The smallest absolute Gasteiger partial charge is 0.252 e. The van der Waals surface area contributed by atoms with Crippen LogP contribution in [0, 0.1) is 0 Å². The molecule has 0 saturated heterocycles. The topological polar surface area (TPSA) is 62.0 Å². The van der Waals surface area contributed by atoms with Crippen molar-refractivity contribution in [2.24, 2.45) is 0 Å². The molecule has 0 saturated carbocycles. The van der Waals surface area contributed by atoms with Gasteiger partial charge in [-0.25, -0.2) is 0 Å². The van der Waals surface area contributed by atoms with Gasteiger partial charge in [0.05, 0.1) is 5.56 Å². The summed E-state index contributed by atoms with van der Waals surface area (Å²) in [6, 6.07) is 12.9. The number of aromatic amines is 1. The number of hydrogen-bond donors (Lipinski definition) is 2. The summed E-state index contributed by atoms with van der Waals surface area (Å²) < 4.78 is 0. The number of benzene rings is 1. The molecule has 2 N–H and O–H groups in total. The number of pyridine rings is 1. The van der Waals surface area contributed by atoms with Crippen molar-refractivity contribution >= 4 is 5.91 Å². The summed E-state index contributed by atoms with van der Waals surface area (Å²) in [5, 5.41) is 2.86. The van der Waals surface area contributed by atoms with Crippen LogP contribution in [0.25, 0.3) is 0 Å². The molecular formula is C15H16N2O2. The van der Waals surface area contributed by atoms with Gasteiger partial charge in [-0.2, -0.15) is 0 Å². The number of H-pyrrole nitrogens is 1. The highest BCUT2D eigenvalue weighted by Crippen LogP contribution is 2.13. The van der Waals surface area contributed by atoms with Crippen molar-refractivity contribution in [3.05, 3.63) is 70.1 Å². The number of hydrogen-bond acceptors (Lipinski definition) is 2. The highest BCUT2D eigenvalue weighted by molar-refractivity contribution is 5.93. The first-order valence-electron chi connectivity index (χ1n) is 6.18. The normalized spacial score (nSPS) is 11.8. The molecule has 1 aromatic carbocycles. The molecule has 0 bridgehead atoms. The van der Waals surface area contributed by atoms with Crippen LogP contribution in [0.2, 0.25) is 0 Å². The molecule has 0 unspecified atom stereocenters. The van der Waals surface area contributed by atoms with Crippen LogP contribution in [0.1, 0.15) is 28.8 Å². The zero-order chi connectivity index (χ0) is 13.7. The second-order valence-electron chi connectivity index (χ2n) is 4.46. The summed E-state index contributed by atoms with van der Waals surface area (Å²) in [7, 11) is 0. The highest BCUT2D eigenvalue weighted by atomic mass is 16.1. The number of nitrogens with one attached hydrogen (secondary N) is 2. The third-order valence-electron chi connectivity index (χ3n) is 2.98. The SMILES string of the molecule is C[C@H](CNC(=O)c1ccc(=O)[nH]c1)c1ccccc1. The fourth-order valence-electron chi connectivity index (χ4n) is 1.80. The quantitative estimate of drug-likeness (QED) is 0.877. The van der Waals surface area contributed by atoms with E-state index < -0.39 is 0 Å². The van der Waals surface area contributed by atoms with Gasteiger partial charge in [-0.15, -0.1) is 0 Å². The van der Waals surface area contributed by atoms with Crippen LogP contribution < -0.4 is 10.9 Å². The van der Waals surface area contributed by atoms with Gasteiger partial charge in [0.1, 0.15) is 0 Å². The average molecular weight is 256 g/mol. The number of carbonyl (C=O) groups is 1. The lowest BCUT2D eigenvalue weighted by Gasteiger charge is -2.12. The maximum Gasteiger partial charge on any atom is 0.252 e. The summed E-state index contributed by atoms with van der Waals surface area (Å²) in [6.07, 6.45) is 1.42. The zero-order valence-electron chi connectivity index (χ0n) is 10.7. The molecule has 1 heterocycles. The van der Waals surface area contributed by atoms with E-state index in [1.54, 1.807) is 0 Å². The maximum atomic E-state index is 11.9. The van der Waals surface area contributed by atoms with Gasteiger partial charge in [-0.3, -0.25) is 9.59 Å². The van der Waals surface area contributed by atoms with Gasteiger partial charge in [0.25, 0.3) is 5.91 Å². The molecule has 1 aromatic heterocycles. The molecule has 4 nitrogen and oxygen atoms in total. The first-order chi connectivity index (χ1) is 9.16. The first-order valence-corrected chi connectivity index (χ1v) is 6.18. The standard InChI is InChI=1S/C15H16N2O2/c1-11(12-5-3-2-4-6-12)9-17-15(19)13-7-8-14(18)16-10-13/h2-8,10-11H,9H2,1H3,(H,16,18)(H,17,19)/t11-/m1/s1. The average Bonchev–Trinajstić information content (AvgIpc) is 2.46. The number of amides is 1. The van der Waals surface area contributed by atoms with Crippen LogP contribution in [-0.2, 0) is 0 Å². The third-order valence-corrected chi connectivity index (χ3v) is 2.98. The van der Waals surface area contributed by atoms with Crippen molar-refractivity contribution < 1.29 is 4.79 Å². The van der Waals surface area contributed by atoms with E-state index in [-0.39, 0.29) is 17.4 Å². The molecule has 1 atom stereocenters. The predicted molar refractivity (Wildman–Crippen MR) is 74.3 cm³/mol. The molecule has 4 heteroatoms. The summed E-state index contributed by atoms with van der Waals surface area (Å²) in [5.41, 5.74) is 1.43. The van der Waals surface area contributed by atoms with Crippen LogP contribution in [-0.4, -0.2) is 17.4 Å². The van der Waals surface area contributed by atoms with E-state index in [2.05, 4.69) is 17.2 Å². The van der Waals surface area contributed by atoms with E-state index in [0.29, 0.717) is 12.1 Å². The minimum atomic E-state index is -0.214. The molecule has 19 heavy (non-hydrogen) atoms. The van der Waals surface area contributed by atoms with Gasteiger partial charge in [0.2, 0.25) is 5.56 Å². The van der Waals surface area contributed by atoms with Gasteiger partial charge < -0.3 is 10.3 Å². The lowest BCUT2D eigenvalue weighted by atomic mass is 10.0. The van der Waals surface area contributed by atoms with Crippen molar-refractivity contribution in [2.45, 2.75) is 12.8 Å². The van der Waals surface area contributed by atoms with E-state index in [1.807, 2.05) is 30.3 Å². The Morgan fingerprint density at radius 2 is 1.95 bits per heavy atom. The fourth-order valence-corrected chi connectivity index (χ4v) is 1.80. The second kappa shape index (κ2) is 6.00. The number of carbonyl (C=O) groups excluding carboxylic acids is 1. The minimum absolute atomic E-state index is 0.181. The largest absolute Gasteiger partial charge is 0.351 e. The van der Waals surface area contributed by atoms with Crippen LogP contribution in [0.15, 0.2) is 53.5 Å². The van der Waals surface area contributed by atoms with Crippen LogP contribution in [0.4, 0.5) is 0 Å². The summed E-state index contributed by atoms with van der Waals surface area (Å²) >= 11 is 0. The Morgan fingerprint density at radius 3 is 2.58 bits per heavy atom. The molecular weight excluding hydrogens is 240 g/mol. The van der Waals surface area contributed by atoms with Gasteiger partial charge in [0.15, 0.2) is 0 Å². The summed E-state index contributed by atoms with van der Waals surface area (Å²) in [4.78, 5) is 25.3. The molecule has 1 amide bonds. The van der Waals surface area contributed by atoms with Crippen LogP contribution >= 0.6 is 0 Å². The molecule has 0 aliphatic heterocycles. The minimum Gasteiger partial charge on any atom is -0.351 e. The van der Waals surface area contributed by atoms with Crippen LogP contribution in [0.3, 0.4) is 0 Å². The first kappa shape index (κ1) is 13.1. The predicted octanol–water partition coefficient (Wildman–Crippen LogP) is 1.91. The Balaban J connectivity index is 1.94. The molecule has 0 spiro atoms. The van der Waals surface area contributed by atoms with Gasteiger partial charge in [-0.05, 0) is 17.5 Å². The Hall–Kier alpha value is -2.36. The lowest BCUT2D eigenvalue weighted by molar-refractivity contribution is 0.0951. The van der Waals surface area contributed by atoms with E-state index in [9.17, 15) is 9.59 Å². The van der Waals surface area contributed by atoms with Crippen molar-refractivity contribution in [2.75, 3.05) is 6.54 Å². The highest BCUT2D eigenvalue weighted by Gasteiger charge is 2.09. The molecule has 0 radical (unpaired) electrons. The molecule has 2 aromatic rings. The molecule has 0 fully saturated rings. The maximum absolute atomic E-state index is 11.9. The molecule has 98 valence electrons. The molecule has 2 rings (SSSR count). The number of aromatic nitrogens is 1. The van der Waals surface area contributed by atoms with Gasteiger partial charge in [0, 0.05) is 18.8 Å². The molecule has 0 aliphatic carbocycles. The monoisotopic (exact) mass is 256 g/mol. The Morgan fingerprint density at radius 1 is 1.21 bits per heavy atom. The van der Waals surface area contributed by atoms with Gasteiger partial charge in [-0.1, -0.05) is 37.3 Å². The Kier molecular flexibility index (Phi) is 4.13. The van der Waals surface area contributed by atoms with Crippen molar-refractivity contribution in [1.29, 1.82) is 0 Å². The van der Waals surface area contributed by atoms with E-state index in [4.69, 9.17) is 0 Å². The van der Waals surface area contributed by atoms with E-state index >= 15 is 0 Å². The van der Waals surface area contributed by atoms with E-state index in [1.165, 1.54) is 23.9 Å². The van der Waals surface area contributed by atoms with Crippen molar-refractivity contribution in [1.82, 2.24) is 10.3 Å². The van der Waals surface area contributed by atoms with Crippen LogP contribution in [0.5, 0.6) is 0 Å². The second-order valence-corrected chi connectivity index (χ2v) is 4.46. The van der Waals surface area contributed by atoms with Crippen molar-refractivity contribution in [3.8, 4) is 0 Å². The molecule has 0 aliphatic rings. The Labute approximate surface area is 111 Å². The van der Waals surface area contributed by atoms with E-state index in [0.717, 1.165) is 0 Å². The van der Waals surface area contributed by atoms with Gasteiger partial charge >= 0.3 is 0 Å². The van der Waals surface area contributed by atoms with Crippen molar-refractivity contribution in [3.63, 3.8) is 0 Å².